The van der Waals surface area contributed by atoms with Crippen molar-refractivity contribution >= 4 is 27.6 Å². The molecule has 3 N–H and O–H groups in total. The maximum absolute atomic E-state index is 12.4. The summed E-state index contributed by atoms with van der Waals surface area (Å²) in [6.07, 6.45) is 0.765. The van der Waals surface area contributed by atoms with Gasteiger partial charge in [-0.25, -0.2) is 17.9 Å². The Morgan fingerprint density at radius 3 is 2.23 bits per heavy atom. The van der Waals surface area contributed by atoms with Crippen molar-refractivity contribution in [2.75, 3.05) is 11.9 Å². The average Bonchev–Trinajstić information content (AvgIpc) is 2.54. The van der Waals surface area contributed by atoms with Crippen LogP contribution in [0.25, 0.3) is 0 Å². The highest BCUT2D eigenvalue weighted by molar-refractivity contribution is 7.91. The zero-order valence-electron chi connectivity index (χ0n) is 15.6. The van der Waals surface area contributed by atoms with E-state index in [1.165, 1.54) is 0 Å². The fraction of sp³-hybridized carbons (Fsp3) is 0.556. The molecule has 26 heavy (non-hydrogen) atoms. The second kappa shape index (κ2) is 8.07. The van der Waals surface area contributed by atoms with Gasteiger partial charge in [0.05, 0.1) is 0 Å². The van der Waals surface area contributed by atoms with Crippen LogP contribution in [0.4, 0.5) is 10.5 Å². The highest BCUT2D eigenvalue weighted by Crippen LogP contribution is 2.32. The summed E-state index contributed by atoms with van der Waals surface area (Å²) in [7, 11) is -4.09. The smallest absolute Gasteiger partial charge is 0.332 e. The van der Waals surface area contributed by atoms with E-state index >= 15 is 0 Å². The Balaban J connectivity index is 2.23. The van der Waals surface area contributed by atoms with Crippen LogP contribution in [-0.2, 0) is 14.8 Å². The lowest BCUT2D eigenvalue weighted by atomic mass is 9.93. The van der Waals surface area contributed by atoms with Crippen LogP contribution in [0.2, 0.25) is 0 Å². The summed E-state index contributed by atoms with van der Waals surface area (Å²) in [5.74, 6) is -0.253. The van der Waals surface area contributed by atoms with Gasteiger partial charge in [0.15, 0.2) is 5.25 Å². The van der Waals surface area contributed by atoms with Gasteiger partial charge in [-0.3, -0.25) is 4.79 Å². The number of anilines is 1. The number of urea groups is 1. The number of hydrogen-bond acceptors (Lipinski definition) is 4. The molecule has 1 aliphatic heterocycles. The van der Waals surface area contributed by atoms with Crippen molar-refractivity contribution in [2.45, 2.75) is 57.6 Å². The lowest BCUT2D eigenvalue weighted by Crippen LogP contribution is -2.50. The monoisotopic (exact) mass is 381 g/mol. The van der Waals surface area contributed by atoms with Crippen LogP contribution < -0.4 is 15.4 Å². The average molecular weight is 381 g/mol. The van der Waals surface area contributed by atoms with E-state index in [1.54, 1.807) is 0 Å². The van der Waals surface area contributed by atoms with Gasteiger partial charge in [-0.15, -0.1) is 0 Å². The van der Waals surface area contributed by atoms with Crippen LogP contribution in [0.1, 0.15) is 63.5 Å². The minimum Gasteiger partial charge on any atom is -0.355 e. The first-order chi connectivity index (χ1) is 12.1. The Bertz CT molecular complexity index is 761. The third-order valence-corrected chi connectivity index (χ3v) is 6.12. The first-order valence-electron chi connectivity index (χ1n) is 8.86. The van der Waals surface area contributed by atoms with Gasteiger partial charge in [-0.2, -0.15) is 0 Å². The number of sulfonamides is 1. The van der Waals surface area contributed by atoms with E-state index in [9.17, 15) is 18.0 Å². The summed E-state index contributed by atoms with van der Waals surface area (Å²) < 4.78 is 26.8. The molecule has 1 saturated heterocycles. The van der Waals surface area contributed by atoms with E-state index in [0.717, 1.165) is 11.1 Å². The van der Waals surface area contributed by atoms with Crippen molar-refractivity contribution in [2.24, 2.45) is 0 Å². The Kier molecular flexibility index (Phi) is 6.28. The van der Waals surface area contributed by atoms with Gasteiger partial charge >= 0.3 is 6.03 Å². The Morgan fingerprint density at radius 1 is 1.15 bits per heavy atom. The third kappa shape index (κ3) is 4.55. The molecule has 1 atom stereocenters. The molecule has 2 rings (SSSR count). The Hall–Kier alpha value is -2.09. The van der Waals surface area contributed by atoms with Crippen molar-refractivity contribution in [3.8, 4) is 0 Å². The summed E-state index contributed by atoms with van der Waals surface area (Å²) in [5, 5.41) is 3.97. The van der Waals surface area contributed by atoms with Gasteiger partial charge in [0, 0.05) is 12.2 Å². The molecule has 8 heteroatoms. The van der Waals surface area contributed by atoms with Crippen LogP contribution in [0.15, 0.2) is 18.2 Å². The van der Waals surface area contributed by atoms with E-state index in [2.05, 4.69) is 10.6 Å². The molecule has 1 unspecified atom stereocenters. The molecule has 3 amide bonds. The van der Waals surface area contributed by atoms with E-state index in [-0.39, 0.29) is 18.3 Å². The van der Waals surface area contributed by atoms with Crippen molar-refractivity contribution in [1.82, 2.24) is 10.0 Å². The van der Waals surface area contributed by atoms with Gasteiger partial charge in [0.1, 0.15) is 0 Å². The van der Waals surface area contributed by atoms with E-state index in [4.69, 9.17) is 0 Å². The number of benzene rings is 1. The van der Waals surface area contributed by atoms with E-state index < -0.39 is 27.2 Å². The number of piperidine rings is 1. The molecule has 1 aromatic carbocycles. The Labute approximate surface area is 155 Å². The van der Waals surface area contributed by atoms with Gasteiger partial charge in [0.2, 0.25) is 15.9 Å². The maximum Gasteiger partial charge on any atom is 0.332 e. The quantitative estimate of drug-likeness (QED) is 0.729. The molecular weight excluding hydrogens is 354 g/mol. The molecule has 0 spiro atoms. The second-order valence-corrected chi connectivity index (χ2v) is 9.01. The Morgan fingerprint density at radius 2 is 1.73 bits per heavy atom. The molecule has 144 valence electrons. The molecule has 1 aromatic rings. The molecular formula is C18H27N3O4S. The number of rotatable bonds is 5. The van der Waals surface area contributed by atoms with Crippen molar-refractivity contribution < 1.29 is 18.0 Å². The summed E-state index contributed by atoms with van der Waals surface area (Å²) >= 11 is 0. The molecule has 1 fully saturated rings. The number of nitrogens with one attached hydrogen (secondary N) is 3. The first-order valence-corrected chi connectivity index (χ1v) is 10.4. The zero-order chi connectivity index (χ0) is 19.5. The number of hydrogen-bond donors (Lipinski definition) is 3. The van der Waals surface area contributed by atoms with Gasteiger partial charge in [-0.1, -0.05) is 45.9 Å². The fourth-order valence-corrected chi connectivity index (χ4v) is 4.37. The maximum atomic E-state index is 12.4. The third-order valence-electron chi connectivity index (χ3n) is 4.46. The minimum absolute atomic E-state index is 0.157. The minimum atomic E-state index is -4.09. The predicted octanol–water partition coefficient (Wildman–Crippen LogP) is 2.66. The molecule has 7 nitrogen and oxygen atoms in total. The number of carbonyl (C=O) groups excluding carboxylic acids is 2. The molecule has 0 aromatic heterocycles. The van der Waals surface area contributed by atoms with Crippen molar-refractivity contribution in [3.63, 3.8) is 0 Å². The summed E-state index contributed by atoms with van der Waals surface area (Å²) in [6.45, 7) is 8.48. The number of amides is 3. The number of carbonyl (C=O) groups is 2. The van der Waals surface area contributed by atoms with Crippen LogP contribution in [0.5, 0.6) is 0 Å². The molecule has 0 bridgehead atoms. The normalized spacial score (nSPS) is 17.9. The van der Waals surface area contributed by atoms with Crippen molar-refractivity contribution in [3.05, 3.63) is 29.3 Å². The van der Waals surface area contributed by atoms with Crippen LogP contribution in [0, 0.1) is 0 Å². The first kappa shape index (κ1) is 20.2. The highest BCUT2D eigenvalue weighted by atomic mass is 32.2. The molecule has 1 aliphatic rings. The zero-order valence-corrected chi connectivity index (χ0v) is 16.4. The largest absolute Gasteiger partial charge is 0.355 e. The van der Waals surface area contributed by atoms with Gasteiger partial charge in [0.25, 0.3) is 0 Å². The number of para-hydroxylation sites is 1. The van der Waals surface area contributed by atoms with Gasteiger partial charge in [-0.05, 0) is 35.8 Å². The summed E-state index contributed by atoms with van der Waals surface area (Å²) in [6, 6.07) is 4.90. The van der Waals surface area contributed by atoms with E-state index in [0.29, 0.717) is 18.7 Å². The fourth-order valence-electron chi connectivity index (χ4n) is 3.07. The summed E-state index contributed by atoms with van der Waals surface area (Å²) in [5.41, 5.74) is 2.48. The molecule has 1 heterocycles. The topological polar surface area (TPSA) is 104 Å². The highest BCUT2D eigenvalue weighted by Gasteiger charge is 2.35. The molecule has 0 radical (unpaired) electrons. The standard InChI is InChI=1S/C18H27N3O4S/c1-11(2)13-7-5-8-14(12(3)4)16(13)20-18(23)21-26(24,25)15-9-6-10-19-17(15)22/h5,7-8,11-12,15H,6,9-10H2,1-4H3,(H,19,22)(H2,20,21,23). The summed E-state index contributed by atoms with van der Waals surface area (Å²) in [4.78, 5) is 24.2. The lowest BCUT2D eigenvalue weighted by molar-refractivity contribution is -0.121. The van der Waals surface area contributed by atoms with Crippen LogP contribution >= 0.6 is 0 Å². The van der Waals surface area contributed by atoms with Crippen LogP contribution in [-0.4, -0.2) is 32.2 Å². The van der Waals surface area contributed by atoms with E-state index in [1.807, 2.05) is 50.6 Å². The van der Waals surface area contributed by atoms with Crippen molar-refractivity contribution in [1.29, 1.82) is 0 Å². The van der Waals surface area contributed by atoms with Crippen LogP contribution in [0.3, 0.4) is 0 Å². The lowest BCUT2D eigenvalue weighted by Gasteiger charge is -2.23. The molecule has 0 aliphatic carbocycles. The van der Waals surface area contributed by atoms with Gasteiger partial charge < -0.3 is 10.6 Å². The molecule has 0 saturated carbocycles. The SMILES string of the molecule is CC(C)c1cccc(C(C)C)c1NC(=O)NS(=O)(=O)C1CCCNC1=O. The second-order valence-electron chi connectivity index (χ2n) is 7.14. The predicted molar refractivity (Wildman–Crippen MR) is 102 cm³/mol.